The van der Waals surface area contributed by atoms with Gasteiger partial charge in [-0.1, -0.05) is 11.6 Å². The third-order valence-corrected chi connectivity index (χ3v) is 3.65. The Morgan fingerprint density at radius 2 is 1.95 bits per heavy atom. The molecule has 0 bridgehead atoms. The summed E-state index contributed by atoms with van der Waals surface area (Å²) in [5.41, 5.74) is 7.06. The molecule has 0 aromatic heterocycles. The highest BCUT2D eigenvalue weighted by atomic mass is 35.5. The molecule has 1 saturated heterocycles. The molecule has 1 aliphatic rings. The number of halogens is 1. The Morgan fingerprint density at radius 1 is 1.26 bits per heavy atom. The van der Waals surface area contributed by atoms with Crippen LogP contribution in [-0.2, 0) is 4.79 Å². The van der Waals surface area contributed by atoms with Crippen LogP contribution in [0.4, 0.5) is 11.4 Å². The number of nitrogens with zero attached hydrogens (tertiary/aromatic N) is 2. The standard InChI is InChI=1S/C14H20ClN3O/c1-14(2,3)18-7-6-17(9-13(18)19)12-5-4-10(16)8-11(12)15/h4-5,8H,6-7,9,16H2,1-3H3. The van der Waals surface area contributed by atoms with E-state index in [1.54, 1.807) is 6.07 Å². The van der Waals surface area contributed by atoms with Crippen molar-refractivity contribution in [2.75, 3.05) is 30.3 Å². The van der Waals surface area contributed by atoms with Crippen molar-refractivity contribution in [3.8, 4) is 0 Å². The molecule has 1 fully saturated rings. The van der Waals surface area contributed by atoms with E-state index in [0.717, 1.165) is 12.2 Å². The molecule has 1 aromatic carbocycles. The van der Waals surface area contributed by atoms with Gasteiger partial charge in [0.25, 0.3) is 0 Å². The van der Waals surface area contributed by atoms with Crippen LogP contribution >= 0.6 is 11.6 Å². The Labute approximate surface area is 119 Å². The van der Waals surface area contributed by atoms with Crippen molar-refractivity contribution >= 4 is 28.9 Å². The van der Waals surface area contributed by atoms with E-state index in [2.05, 4.69) is 20.8 Å². The van der Waals surface area contributed by atoms with E-state index in [9.17, 15) is 4.79 Å². The molecule has 4 nitrogen and oxygen atoms in total. The van der Waals surface area contributed by atoms with Gasteiger partial charge in [-0.3, -0.25) is 4.79 Å². The molecule has 0 saturated carbocycles. The molecule has 2 N–H and O–H groups in total. The van der Waals surface area contributed by atoms with E-state index < -0.39 is 0 Å². The first-order chi connectivity index (χ1) is 8.79. The summed E-state index contributed by atoms with van der Waals surface area (Å²) in [5.74, 6) is 0.131. The second-order valence-corrected chi connectivity index (χ2v) is 6.26. The van der Waals surface area contributed by atoms with Gasteiger partial charge >= 0.3 is 0 Å². The zero-order valence-corrected chi connectivity index (χ0v) is 12.4. The average molecular weight is 282 g/mol. The van der Waals surface area contributed by atoms with Crippen molar-refractivity contribution in [2.24, 2.45) is 0 Å². The van der Waals surface area contributed by atoms with Crippen LogP contribution in [0.15, 0.2) is 18.2 Å². The first-order valence-electron chi connectivity index (χ1n) is 6.39. The van der Waals surface area contributed by atoms with E-state index >= 15 is 0 Å². The molecule has 0 aliphatic carbocycles. The number of nitrogen functional groups attached to an aromatic ring is 1. The number of anilines is 2. The maximum absolute atomic E-state index is 12.2. The summed E-state index contributed by atoms with van der Waals surface area (Å²) in [6.45, 7) is 8.01. The van der Waals surface area contributed by atoms with Gasteiger partial charge in [0.2, 0.25) is 5.91 Å². The van der Waals surface area contributed by atoms with E-state index in [0.29, 0.717) is 23.8 Å². The normalized spacial score (nSPS) is 16.9. The molecular weight excluding hydrogens is 262 g/mol. The second-order valence-electron chi connectivity index (χ2n) is 5.85. The zero-order chi connectivity index (χ0) is 14.2. The molecule has 0 unspecified atom stereocenters. The summed E-state index contributed by atoms with van der Waals surface area (Å²) in [5, 5.41) is 0.594. The highest BCUT2D eigenvalue weighted by molar-refractivity contribution is 6.33. The summed E-state index contributed by atoms with van der Waals surface area (Å²) in [7, 11) is 0. The van der Waals surface area contributed by atoms with E-state index in [4.69, 9.17) is 17.3 Å². The van der Waals surface area contributed by atoms with Crippen LogP contribution in [0, 0.1) is 0 Å². The lowest BCUT2D eigenvalue weighted by atomic mass is 10.0. The first-order valence-corrected chi connectivity index (χ1v) is 6.77. The molecule has 104 valence electrons. The van der Waals surface area contributed by atoms with E-state index in [-0.39, 0.29) is 11.4 Å². The van der Waals surface area contributed by atoms with Crippen LogP contribution in [0.5, 0.6) is 0 Å². The molecule has 0 radical (unpaired) electrons. The third kappa shape index (κ3) is 2.95. The van der Waals surface area contributed by atoms with Crippen LogP contribution in [0.25, 0.3) is 0 Å². The van der Waals surface area contributed by atoms with Crippen LogP contribution < -0.4 is 10.6 Å². The average Bonchev–Trinajstić information content (AvgIpc) is 2.26. The molecule has 5 heteroatoms. The van der Waals surface area contributed by atoms with Crippen molar-refractivity contribution < 1.29 is 4.79 Å². The SMILES string of the molecule is CC(C)(C)N1CCN(c2ccc(N)cc2Cl)CC1=O. The first kappa shape index (κ1) is 14.0. The van der Waals surface area contributed by atoms with Crippen LogP contribution in [-0.4, -0.2) is 36.0 Å². The molecule has 2 rings (SSSR count). The van der Waals surface area contributed by atoms with Gasteiger partial charge in [0.1, 0.15) is 0 Å². The third-order valence-electron chi connectivity index (χ3n) is 3.34. The number of nitrogens with two attached hydrogens (primary N) is 1. The number of piperazine rings is 1. The van der Waals surface area contributed by atoms with Crippen molar-refractivity contribution in [1.82, 2.24) is 4.90 Å². The molecule has 1 amide bonds. The predicted molar refractivity (Wildman–Crippen MR) is 79.5 cm³/mol. The highest BCUT2D eigenvalue weighted by Crippen LogP contribution is 2.29. The fourth-order valence-corrected chi connectivity index (χ4v) is 2.68. The van der Waals surface area contributed by atoms with Gasteiger partial charge in [0.15, 0.2) is 0 Å². The van der Waals surface area contributed by atoms with E-state index in [1.807, 2.05) is 21.9 Å². The molecule has 0 spiro atoms. The van der Waals surface area contributed by atoms with Crippen LogP contribution in [0.3, 0.4) is 0 Å². The minimum atomic E-state index is -0.131. The smallest absolute Gasteiger partial charge is 0.242 e. The van der Waals surface area contributed by atoms with Crippen molar-refractivity contribution in [1.29, 1.82) is 0 Å². The zero-order valence-electron chi connectivity index (χ0n) is 11.6. The lowest BCUT2D eigenvalue weighted by molar-refractivity contribution is -0.135. The maximum Gasteiger partial charge on any atom is 0.242 e. The van der Waals surface area contributed by atoms with Gasteiger partial charge < -0.3 is 15.5 Å². The van der Waals surface area contributed by atoms with Crippen molar-refractivity contribution in [3.05, 3.63) is 23.2 Å². The minimum absolute atomic E-state index is 0.131. The number of hydrogen-bond acceptors (Lipinski definition) is 3. The fraction of sp³-hybridized carbons (Fsp3) is 0.500. The molecule has 19 heavy (non-hydrogen) atoms. The summed E-state index contributed by atoms with van der Waals surface area (Å²) in [6, 6.07) is 5.40. The van der Waals surface area contributed by atoms with Crippen LogP contribution in [0.1, 0.15) is 20.8 Å². The van der Waals surface area contributed by atoms with Gasteiger partial charge in [0, 0.05) is 24.3 Å². The van der Waals surface area contributed by atoms with Crippen molar-refractivity contribution in [2.45, 2.75) is 26.3 Å². The molecule has 0 atom stereocenters. The number of carbonyl (C=O) groups excluding carboxylic acids is 1. The lowest BCUT2D eigenvalue weighted by Crippen LogP contribution is -2.57. The summed E-state index contributed by atoms with van der Waals surface area (Å²) in [4.78, 5) is 16.1. The Balaban J connectivity index is 2.16. The Kier molecular flexibility index (Phi) is 3.63. The predicted octanol–water partition coefficient (Wildman–Crippen LogP) is 2.37. The monoisotopic (exact) mass is 281 g/mol. The Bertz CT molecular complexity index is 496. The molecule has 1 aliphatic heterocycles. The van der Waals surface area contributed by atoms with Gasteiger partial charge in [-0.05, 0) is 39.0 Å². The summed E-state index contributed by atoms with van der Waals surface area (Å²) in [6.07, 6.45) is 0. The van der Waals surface area contributed by atoms with E-state index in [1.165, 1.54) is 0 Å². The molecule has 1 heterocycles. The van der Waals surface area contributed by atoms with Gasteiger partial charge in [0.05, 0.1) is 17.3 Å². The van der Waals surface area contributed by atoms with Gasteiger partial charge in [-0.25, -0.2) is 0 Å². The maximum atomic E-state index is 12.2. The van der Waals surface area contributed by atoms with Crippen molar-refractivity contribution in [3.63, 3.8) is 0 Å². The lowest BCUT2D eigenvalue weighted by Gasteiger charge is -2.43. The number of hydrogen-bond donors (Lipinski definition) is 1. The minimum Gasteiger partial charge on any atom is -0.399 e. The number of benzene rings is 1. The van der Waals surface area contributed by atoms with Crippen LogP contribution in [0.2, 0.25) is 5.02 Å². The molecule has 1 aromatic rings. The van der Waals surface area contributed by atoms with Gasteiger partial charge in [-0.2, -0.15) is 0 Å². The largest absolute Gasteiger partial charge is 0.399 e. The summed E-state index contributed by atoms with van der Waals surface area (Å²) < 4.78 is 0. The fourth-order valence-electron chi connectivity index (χ4n) is 2.37. The number of rotatable bonds is 1. The number of amides is 1. The molecular formula is C14H20ClN3O. The highest BCUT2D eigenvalue weighted by Gasteiger charge is 2.32. The topological polar surface area (TPSA) is 49.6 Å². The second kappa shape index (κ2) is 4.93. The Morgan fingerprint density at radius 3 is 2.47 bits per heavy atom. The Hall–Kier alpha value is -1.42. The van der Waals surface area contributed by atoms with Gasteiger partial charge in [-0.15, -0.1) is 0 Å². The summed E-state index contributed by atoms with van der Waals surface area (Å²) >= 11 is 6.19. The number of carbonyl (C=O) groups is 1. The quantitative estimate of drug-likeness (QED) is 0.804.